The zero-order valence-corrected chi connectivity index (χ0v) is 42.9. The van der Waals surface area contributed by atoms with E-state index < -0.39 is 126 Å². The van der Waals surface area contributed by atoms with Gasteiger partial charge in [0.25, 0.3) is 0 Å². The number of benzene rings is 1. The Bertz CT molecular complexity index is 1910. The monoisotopic (exact) mass is 956 g/mol. The van der Waals surface area contributed by atoms with Crippen molar-refractivity contribution in [1.29, 1.82) is 0 Å². The van der Waals surface area contributed by atoms with E-state index in [0.717, 1.165) is 0 Å². The highest BCUT2D eigenvalue weighted by Gasteiger charge is 2.44. The second kappa shape index (κ2) is 26.0. The Hall–Kier alpha value is -5.10. The number of ether oxygens (including phenoxy) is 2. The fraction of sp³-hybridized carbons (Fsp3) is 0.720. The Balaban J connectivity index is 2.25. The molecule has 382 valence electrons. The maximum absolute atomic E-state index is 14.7. The van der Waals surface area contributed by atoms with E-state index in [2.05, 4.69) is 21.3 Å². The number of nitrogens with zero attached hydrogens (tertiary/aromatic N) is 3. The molecule has 1 aromatic carbocycles. The molecule has 0 bridgehead atoms. The van der Waals surface area contributed by atoms with Crippen LogP contribution in [0.2, 0.25) is 0 Å². The van der Waals surface area contributed by atoms with Crippen molar-refractivity contribution < 1.29 is 52.9 Å². The Morgan fingerprint density at radius 1 is 0.912 bits per heavy atom. The summed E-state index contributed by atoms with van der Waals surface area (Å²) in [6, 6.07) is -0.939. The number of likely N-dealkylation sites (N-methyl/N-ethyl adjacent to an activating group) is 2. The van der Waals surface area contributed by atoms with Crippen LogP contribution in [-0.2, 0) is 49.5 Å². The van der Waals surface area contributed by atoms with Crippen molar-refractivity contribution >= 4 is 47.2 Å². The molecule has 2 fully saturated rings. The van der Waals surface area contributed by atoms with Crippen LogP contribution in [0.15, 0.2) is 24.3 Å². The van der Waals surface area contributed by atoms with Gasteiger partial charge in [0.2, 0.25) is 35.4 Å². The topological polar surface area (TPSA) is 233 Å². The first-order valence-corrected chi connectivity index (χ1v) is 24.3. The van der Waals surface area contributed by atoms with Gasteiger partial charge in [-0.25, -0.2) is 4.79 Å². The van der Waals surface area contributed by atoms with E-state index >= 15 is 0 Å². The number of nitrogens with one attached hydrogen (secondary N) is 4. The fourth-order valence-electron chi connectivity index (χ4n) is 8.84. The lowest BCUT2D eigenvalue weighted by atomic mass is 9.89. The van der Waals surface area contributed by atoms with Crippen molar-refractivity contribution in [2.75, 3.05) is 34.8 Å². The molecule has 0 aliphatic carbocycles. The molecule has 5 N–H and O–H groups in total. The number of methoxy groups -OCH3 is 1. The van der Waals surface area contributed by atoms with E-state index in [0.29, 0.717) is 30.6 Å². The highest BCUT2D eigenvalue weighted by atomic mass is 16.5. The van der Waals surface area contributed by atoms with Crippen LogP contribution in [0.4, 0.5) is 0 Å². The van der Waals surface area contributed by atoms with Crippen molar-refractivity contribution in [2.24, 2.45) is 29.6 Å². The Morgan fingerprint density at radius 3 is 2.09 bits per heavy atom. The number of hydrogen-bond donors (Lipinski definition) is 5. The Labute approximate surface area is 403 Å². The quantitative estimate of drug-likeness (QED) is 0.142. The molecule has 11 unspecified atom stereocenters. The molecule has 0 aromatic heterocycles. The summed E-state index contributed by atoms with van der Waals surface area (Å²) < 4.78 is 11.5. The molecule has 18 heteroatoms. The fourth-order valence-corrected chi connectivity index (χ4v) is 8.84. The number of hydrogen-bond acceptors (Lipinski definition) is 12. The normalized spacial score (nSPS) is 27.7. The smallest absolute Gasteiger partial charge is 0.329 e. The number of fused-ring (bicyclic) bond motifs is 1. The van der Waals surface area contributed by atoms with E-state index in [4.69, 9.17) is 9.47 Å². The van der Waals surface area contributed by atoms with Gasteiger partial charge in [-0.15, -0.1) is 0 Å². The van der Waals surface area contributed by atoms with Gasteiger partial charge in [0.1, 0.15) is 36.0 Å². The molecule has 0 spiro atoms. The average molecular weight is 956 g/mol. The molecule has 6 amide bonds. The van der Waals surface area contributed by atoms with Gasteiger partial charge in [0, 0.05) is 20.0 Å². The number of rotatable bonds is 13. The van der Waals surface area contributed by atoms with Crippen LogP contribution in [0.3, 0.4) is 0 Å². The summed E-state index contributed by atoms with van der Waals surface area (Å²) in [7, 11) is 6.44. The number of aliphatic hydroxyl groups is 1. The van der Waals surface area contributed by atoms with Gasteiger partial charge < -0.3 is 45.6 Å². The number of ketones is 1. The van der Waals surface area contributed by atoms with E-state index in [1.54, 1.807) is 64.0 Å². The first-order valence-electron chi connectivity index (χ1n) is 24.3. The first-order chi connectivity index (χ1) is 31.8. The van der Waals surface area contributed by atoms with Crippen LogP contribution in [-0.4, -0.2) is 156 Å². The maximum Gasteiger partial charge on any atom is 0.329 e. The largest absolute Gasteiger partial charge is 0.497 e. The van der Waals surface area contributed by atoms with Gasteiger partial charge >= 0.3 is 5.97 Å². The highest BCUT2D eigenvalue weighted by Crippen LogP contribution is 2.25. The average Bonchev–Trinajstić information content (AvgIpc) is 3.77. The molecule has 3 rings (SSSR count). The molecule has 68 heavy (non-hydrogen) atoms. The van der Waals surface area contributed by atoms with Gasteiger partial charge in [-0.1, -0.05) is 73.9 Å². The van der Waals surface area contributed by atoms with Crippen LogP contribution >= 0.6 is 0 Å². The van der Waals surface area contributed by atoms with Gasteiger partial charge in [0.05, 0.1) is 43.7 Å². The number of esters is 1. The molecular formula is C50H81N7O11. The zero-order valence-electron chi connectivity index (χ0n) is 42.9. The third-order valence-electron chi connectivity index (χ3n) is 13.3. The van der Waals surface area contributed by atoms with Crippen molar-refractivity contribution in [3.05, 3.63) is 29.8 Å². The third kappa shape index (κ3) is 15.5. The Morgan fingerprint density at radius 2 is 1.54 bits per heavy atom. The first kappa shape index (κ1) is 57.2. The minimum Gasteiger partial charge on any atom is -0.497 e. The van der Waals surface area contributed by atoms with Crippen LogP contribution in [0.5, 0.6) is 5.75 Å². The summed E-state index contributed by atoms with van der Waals surface area (Å²) >= 11 is 0. The van der Waals surface area contributed by atoms with Gasteiger partial charge in [-0.05, 0) is 95.0 Å². The van der Waals surface area contributed by atoms with Gasteiger partial charge in [-0.2, -0.15) is 0 Å². The summed E-state index contributed by atoms with van der Waals surface area (Å²) in [5.74, 6) is -6.97. The lowest BCUT2D eigenvalue weighted by Gasteiger charge is -2.35. The van der Waals surface area contributed by atoms with Crippen LogP contribution in [0.25, 0.3) is 0 Å². The van der Waals surface area contributed by atoms with E-state index in [-0.39, 0.29) is 37.6 Å². The number of cyclic esters (lactones) is 1. The lowest BCUT2D eigenvalue weighted by molar-refractivity contribution is -0.162. The molecular weight excluding hydrogens is 875 g/mol. The van der Waals surface area contributed by atoms with Crippen molar-refractivity contribution in [3.8, 4) is 5.75 Å². The molecule has 18 nitrogen and oxygen atoms in total. The highest BCUT2D eigenvalue weighted by molar-refractivity contribution is 6.06. The predicted molar refractivity (Wildman–Crippen MR) is 257 cm³/mol. The summed E-state index contributed by atoms with van der Waals surface area (Å²) in [6.07, 6.45) is -1.62. The summed E-state index contributed by atoms with van der Waals surface area (Å²) in [6.45, 7) is 17.8. The Kier molecular flexibility index (Phi) is 21.9. The standard InChI is InChI=1S/C50H81N7O11/c1-15-30(8)42-39(58)26-40(59)52-41(29(6)7)44(60)31(9)45(61)51-35(23-27(2)3)48(64)57-22-16-17-36(57)49(65)56(13)38(25-33-18-20-34(67-14)21-19-33)50(66)68-32(10)43(47(63)53-42)54-46(62)37(55(11)12)24-28(4)5/h18-21,27-32,35-39,41-43,58H,15-17,22-26H2,1-14H3,(H,51,61)(H,52,59)(H,53,63)(H,54,62). The van der Waals surface area contributed by atoms with Gasteiger partial charge in [0.15, 0.2) is 5.78 Å². The molecule has 0 radical (unpaired) electrons. The molecule has 0 saturated carbocycles. The second-order valence-electron chi connectivity index (χ2n) is 20.2. The maximum atomic E-state index is 14.7. The molecule has 11 atom stereocenters. The van der Waals surface area contributed by atoms with Crippen LogP contribution in [0.1, 0.15) is 113 Å². The van der Waals surface area contributed by atoms with E-state index in [9.17, 15) is 43.5 Å². The SMILES string of the molecule is CCC(C)C1NC(=O)C(NC(=O)C(CC(C)C)N(C)C)C(C)OC(=O)C(Cc2ccc(OC)cc2)N(C)C(=O)C2CCCN2C(=O)C(CC(C)C)NC(=O)C(C)C(=O)C(C(C)C)NC(=O)CC1O. The lowest BCUT2D eigenvalue weighted by Crippen LogP contribution is -2.61. The minimum absolute atomic E-state index is 0.0432. The predicted octanol–water partition coefficient (Wildman–Crippen LogP) is 2.62. The van der Waals surface area contributed by atoms with Crippen molar-refractivity contribution in [1.82, 2.24) is 36.0 Å². The van der Waals surface area contributed by atoms with Crippen LogP contribution in [0, 0.1) is 29.6 Å². The third-order valence-corrected chi connectivity index (χ3v) is 13.3. The van der Waals surface area contributed by atoms with E-state index in [1.165, 1.54) is 37.8 Å². The molecule has 1 aromatic rings. The minimum atomic E-state index is -1.52. The number of carbonyl (C=O) groups excluding carboxylic acids is 8. The zero-order chi connectivity index (χ0) is 51.3. The summed E-state index contributed by atoms with van der Waals surface area (Å²) in [4.78, 5) is 119. The summed E-state index contributed by atoms with van der Waals surface area (Å²) in [5, 5.41) is 22.9. The van der Waals surface area contributed by atoms with Crippen molar-refractivity contribution in [2.45, 2.75) is 169 Å². The number of amides is 6. The second-order valence-corrected chi connectivity index (χ2v) is 20.2. The number of aliphatic hydroxyl groups excluding tert-OH is 1. The molecule has 2 saturated heterocycles. The number of Topliss-reactive ketones (excluding diaryl/α,β-unsaturated/α-hetero) is 1. The summed E-state index contributed by atoms with van der Waals surface area (Å²) in [5.41, 5.74) is 0.638. The molecule has 2 aliphatic heterocycles. The number of carbonyl (C=O) groups is 8. The molecule has 2 aliphatic rings. The molecule has 2 heterocycles. The van der Waals surface area contributed by atoms with Gasteiger partial charge in [-0.3, -0.25) is 38.5 Å². The van der Waals surface area contributed by atoms with E-state index in [1.807, 2.05) is 34.6 Å². The van der Waals surface area contributed by atoms with Crippen LogP contribution < -0.4 is 26.0 Å². The van der Waals surface area contributed by atoms with Crippen molar-refractivity contribution in [3.63, 3.8) is 0 Å².